The topological polar surface area (TPSA) is 23.9 Å². The van der Waals surface area contributed by atoms with Crippen molar-refractivity contribution in [1.82, 2.24) is 0 Å². The first-order chi connectivity index (χ1) is 8.95. The number of allylic oxidation sites excluding steroid dienone is 6. The van der Waals surface area contributed by atoms with Gasteiger partial charge in [0, 0.05) is 0 Å². The zero-order valence-electron chi connectivity index (χ0n) is 12.0. The van der Waals surface area contributed by atoms with Crippen LogP contribution in [-0.2, 0) is 0 Å². The van der Waals surface area contributed by atoms with Crippen molar-refractivity contribution in [1.29, 1.82) is 5.41 Å². The van der Waals surface area contributed by atoms with E-state index in [-0.39, 0.29) is 0 Å². The summed E-state index contributed by atoms with van der Waals surface area (Å²) < 4.78 is 0. The maximum atomic E-state index is 8.14. The molecule has 0 saturated heterocycles. The Kier molecular flexibility index (Phi) is 5.25. The first kappa shape index (κ1) is 14.9. The van der Waals surface area contributed by atoms with Gasteiger partial charge in [0.15, 0.2) is 0 Å². The Hall–Kier alpha value is -2.15. The number of hydrogen-bond donors (Lipinski definition) is 1. The molecule has 0 atom stereocenters. The minimum Gasteiger partial charge on any atom is -0.300 e. The van der Waals surface area contributed by atoms with E-state index in [1.165, 1.54) is 11.1 Å². The molecule has 1 N–H and O–H groups in total. The van der Waals surface area contributed by atoms with Crippen molar-refractivity contribution in [2.45, 2.75) is 20.8 Å². The molecule has 0 aliphatic rings. The van der Waals surface area contributed by atoms with Crippen LogP contribution < -0.4 is 0 Å². The lowest BCUT2D eigenvalue weighted by molar-refractivity contribution is 1.33. The van der Waals surface area contributed by atoms with Gasteiger partial charge < -0.3 is 5.41 Å². The predicted octanol–water partition coefficient (Wildman–Crippen LogP) is 4.92. The second kappa shape index (κ2) is 6.69. The summed E-state index contributed by atoms with van der Waals surface area (Å²) >= 11 is 0. The van der Waals surface area contributed by atoms with Crippen molar-refractivity contribution in [3.63, 3.8) is 0 Å². The van der Waals surface area contributed by atoms with Crippen LogP contribution in [-0.4, -0.2) is 5.71 Å². The van der Waals surface area contributed by atoms with E-state index in [2.05, 4.69) is 33.1 Å². The van der Waals surface area contributed by atoms with Gasteiger partial charge >= 0.3 is 0 Å². The van der Waals surface area contributed by atoms with Crippen LogP contribution in [0.3, 0.4) is 0 Å². The molecule has 1 rings (SSSR count). The smallest absolute Gasteiger partial charge is 0.0615 e. The lowest BCUT2D eigenvalue weighted by Crippen LogP contribution is -1.98. The molecular weight excluding hydrogens is 230 g/mol. The SMILES string of the molecule is C=C/C=C\C(=C)/C(C)=C/C(=N)c1ccc(C)c(C)c1. The number of hydrogen-bond acceptors (Lipinski definition) is 1. The van der Waals surface area contributed by atoms with E-state index in [1.807, 2.05) is 37.3 Å². The van der Waals surface area contributed by atoms with Crippen LogP contribution in [0.1, 0.15) is 23.6 Å². The third-order valence-corrected chi connectivity index (χ3v) is 3.12. The summed E-state index contributed by atoms with van der Waals surface area (Å²) in [6, 6.07) is 6.08. The standard InChI is InChI=1S/C18H21N/c1-6-7-8-13(2)16(5)12-18(19)17-10-9-14(3)15(4)11-17/h6-12,19H,1-2H2,3-5H3/b8-7-,16-12+,19-18?. The summed E-state index contributed by atoms with van der Waals surface area (Å²) in [5.74, 6) is 0. The molecule has 0 aromatic heterocycles. The van der Waals surface area contributed by atoms with E-state index in [1.54, 1.807) is 6.08 Å². The molecule has 19 heavy (non-hydrogen) atoms. The average molecular weight is 251 g/mol. The molecular formula is C18H21N. The van der Waals surface area contributed by atoms with E-state index >= 15 is 0 Å². The molecule has 1 nitrogen and oxygen atoms in total. The molecule has 0 heterocycles. The fraction of sp³-hybridized carbons (Fsp3) is 0.167. The van der Waals surface area contributed by atoms with Gasteiger partial charge in [0.05, 0.1) is 5.71 Å². The van der Waals surface area contributed by atoms with Crippen LogP contribution in [0.2, 0.25) is 0 Å². The Morgan fingerprint density at radius 3 is 2.47 bits per heavy atom. The van der Waals surface area contributed by atoms with Crippen LogP contribution in [0.4, 0.5) is 0 Å². The Balaban J connectivity index is 2.94. The Morgan fingerprint density at radius 2 is 1.89 bits per heavy atom. The summed E-state index contributed by atoms with van der Waals surface area (Å²) in [5.41, 5.74) is 5.78. The lowest BCUT2D eigenvalue weighted by atomic mass is 10.00. The zero-order valence-corrected chi connectivity index (χ0v) is 12.0. The molecule has 1 heteroatoms. The van der Waals surface area contributed by atoms with Crippen LogP contribution in [0.5, 0.6) is 0 Å². The largest absolute Gasteiger partial charge is 0.300 e. The fourth-order valence-electron chi connectivity index (χ4n) is 1.62. The Morgan fingerprint density at radius 1 is 1.21 bits per heavy atom. The number of aryl methyl sites for hydroxylation is 2. The normalized spacial score (nSPS) is 11.6. The highest BCUT2D eigenvalue weighted by molar-refractivity contribution is 6.07. The van der Waals surface area contributed by atoms with E-state index in [4.69, 9.17) is 5.41 Å². The fourth-order valence-corrected chi connectivity index (χ4v) is 1.62. The summed E-state index contributed by atoms with van der Waals surface area (Å²) in [6.07, 6.45) is 7.30. The number of benzene rings is 1. The Labute approximate surface area is 116 Å². The second-order valence-electron chi connectivity index (χ2n) is 4.66. The summed E-state index contributed by atoms with van der Waals surface area (Å²) in [4.78, 5) is 0. The quantitative estimate of drug-likeness (QED) is 0.567. The second-order valence-corrected chi connectivity index (χ2v) is 4.66. The molecule has 0 bridgehead atoms. The Bertz CT molecular complexity index is 571. The molecule has 0 unspecified atom stereocenters. The van der Waals surface area contributed by atoms with Gasteiger partial charge in [-0.05, 0) is 60.8 Å². The molecule has 1 aromatic carbocycles. The average Bonchev–Trinajstić information content (AvgIpc) is 2.38. The van der Waals surface area contributed by atoms with E-state index in [0.29, 0.717) is 5.71 Å². The van der Waals surface area contributed by atoms with Gasteiger partial charge in [0.2, 0.25) is 0 Å². The third kappa shape index (κ3) is 4.22. The predicted molar refractivity (Wildman–Crippen MR) is 85.0 cm³/mol. The molecule has 1 aromatic rings. The van der Waals surface area contributed by atoms with Gasteiger partial charge in [-0.1, -0.05) is 43.5 Å². The third-order valence-electron chi connectivity index (χ3n) is 3.12. The summed E-state index contributed by atoms with van der Waals surface area (Å²) in [5, 5.41) is 8.14. The van der Waals surface area contributed by atoms with E-state index in [0.717, 1.165) is 16.7 Å². The van der Waals surface area contributed by atoms with E-state index in [9.17, 15) is 0 Å². The molecule has 0 fully saturated rings. The number of nitrogens with one attached hydrogen (secondary N) is 1. The minimum absolute atomic E-state index is 0.508. The van der Waals surface area contributed by atoms with Gasteiger partial charge in [0.1, 0.15) is 0 Å². The van der Waals surface area contributed by atoms with Gasteiger partial charge in [-0.2, -0.15) is 0 Å². The zero-order chi connectivity index (χ0) is 14.4. The monoisotopic (exact) mass is 251 g/mol. The highest BCUT2D eigenvalue weighted by Gasteiger charge is 2.02. The lowest BCUT2D eigenvalue weighted by Gasteiger charge is -2.06. The molecule has 0 radical (unpaired) electrons. The van der Waals surface area contributed by atoms with Crippen LogP contribution in [0.25, 0.3) is 0 Å². The first-order valence-corrected chi connectivity index (χ1v) is 6.28. The molecule has 0 saturated carbocycles. The van der Waals surface area contributed by atoms with Crippen molar-refractivity contribution in [3.05, 3.63) is 83.5 Å². The molecule has 0 aliphatic carbocycles. The first-order valence-electron chi connectivity index (χ1n) is 6.28. The molecule has 0 amide bonds. The van der Waals surface area contributed by atoms with Crippen LogP contribution in [0, 0.1) is 19.3 Å². The summed E-state index contributed by atoms with van der Waals surface area (Å²) in [7, 11) is 0. The van der Waals surface area contributed by atoms with E-state index < -0.39 is 0 Å². The van der Waals surface area contributed by atoms with Gasteiger partial charge in [-0.25, -0.2) is 0 Å². The number of rotatable bonds is 5. The highest BCUT2D eigenvalue weighted by atomic mass is 14.4. The van der Waals surface area contributed by atoms with Gasteiger partial charge in [-0.15, -0.1) is 0 Å². The van der Waals surface area contributed by atoms with Crippen molar-refractivity contribution >= 4 is 5.71 Å². The van der Waals surface area contributed by atoms with Crippen LogP contribution in [0.15, 0.2) is 66.8 Å². The van der Waals surface area contributed by atoms with Crippen molar-refractivity contribution in [3.8, 4) is 0 Å². The molecule has 0 spiro atoms. The van der Waals surface area contributed by atoms with Crippen LogP contribution >= 0.6 is 0 Å². The maximum absolute atomic E-state index is 8.14. The van der Waals surface area contributed by atoms with Crippen molar-refractivity contribution in [2.24, 2.45) is 0 Å². The highest BCUT2D eigenvalue weighted by Crippen LogP contribution is 2.14. The maximum Gasteiger partial charge on any atom is 0.0615 e. The van der Waals surface area contributed by atoms with Gasteiger partial charge in [0.25, 0.3) is 0 Å². The molecule has 0 aliphatic heterocycles. The van der Waals surface area contributed by atoms with Crippen molar-refractivity contribution in [2.75, 3.05) is 0 Å². The minimum atomic E-state index is 0.508. The molecule has 98 valence electrons. The van der Waals surface area contributed by atoms with Gasteiger partial charge in [-0.3, -0.25) is 0 Å². The summed E-state index contributed by atoms with van der Waals surface area (Å²) in [6.45, 7) is 13.7. The van der Waals surface area contributed by atoms with Crippen molar-refractivity contribution < 1.29 is 0 Å².